The second kappa shape index (κ2) is 4.42. The molecular weight excluding hydrogens is 242 g/mol. The van der Waals surface area contributed by atoms with Crippen molar-refractivity contribution in [3.8, 4) is 0 Å². The van der Waals surface area contributed by atoms with Crippen LogP contribution >= 0.6 is 0 Å². The Morgan fingerprint density at radius 3 is 2.88 bits per heavy atom. The third-order valence-electron chi connectivity index (χ3n) is 2.55. The first-order chi connectivity index (χ1) is 8.09. The molecule has 0 aliphatic carbocycles. The standard InChI is InChI=1S/C10H13N3O3S/c1-11-5-3-7-13-10(14)8-4-2-6-12-9(8)17(13,15)16/h2,4,6,11H,3,5,7H2,1H3. The van der Waals surface area contributed by atoms with Crippen molar-refractivity contribution in [2.75, 3.05) is 20.1 Å². The highest BCUT2D eigenvalue weighted by Gasteiger charge is 2.41. The molecule has 6 nitrogen and oxygen atoms in total. The highest BCUT2D eigenvalue weighted by atomic mass is 32.2. The molecule has 1 amide bonds. The Kier molecular flexibility index (Phi) is 3.12. The smallest absolute Gasteiger partial charge is 0.285 e. The highest BCUT2D eigenvalue weighted by Crippen LogP contribution is 2.27. The summed E-state index contributed by atoms with van der Waals surface area (Å²) in [5.41, 5.74) is 0.164. The van der Waals surface area contributed by atoms with Gasteiger partial charge in [0.05, 0.1) is 5.56 Å². The van der Waals surface area contributed by atoms with Gasteiger partial charge in [0.15, 0.2) is 5.03 Å². The van der Waals surface area contributed by atoms with Crippen molar-refractivity contribution < 1.29 is 13.2 Å². The normalized spacial score (nSPS) is 17.2. The van der Waals surface area contributed by atoms with Gasteiger partial charge in [-0.1, -0.05) is 0 Å². The number of fused-ring (bicyclic) bond motifs is 1. The summed E-state index contributed by atoms with van der Waals surface area (Å²) in [6, 6.07) is 3.05. The number of aromatic nitrogens is 1. The van der Waals surface area contributed by atoms with Crippen molar-refractivity contribution in [2.45, 2.75) is 11.4 Å². The van der Waals surface area contributed by atoms with Crippen molar-refractivity contribution in [1.29, 1.82) is 0 Å². The Bertz CT molecular complexity index is 541. The number of amides is 1. The molecule has 0 fully saturated rings. The van der Waals surface area contributed by atoms with Crippen molar-refractivity contribution in [3.05, 3.63) is 23.9 Å². The van der Waals surface area contributed by atoms with Gasteiger partial charge >= 0.3 is 0 Å². The van der Waals surface area contributed by atoms with E-state index < -0.39 is 15.9 Å². The number of nitrogens with zero attached hydrogens (tertiary/aromatic N) is 2. The maximum atomic E-state index is 12.0. The van der Waals surface area contributed by atoms with Crippen molar-refractivity contribution >= 4 is 15.9 Å². The molecule has 7 heteroatoms. The van der Waals surface area contributed by atoms with Crippen LogP contribution in [0.1, 0.15) is 16.8 Å². The minimum absolute atomic E-state index is 0.130. The first-order valence-corrected chi connectivity index (χ1v) is 6.69. The van der Waals surface area contributed by atoms with E-state index in [4.69, 9.17) is 0 Å². The molecule has 0 saturated heterocycles. The van der Waals surface area contributed by atoms with E-state index in [0.717, 1.165) is 4.31 Å². The van der Waals surface area contributed by atoms with Crippen LogP contribution in [0.25, 0.3) is 0 Å². The quantitative estimate of drug-likeness (QED) is 0.756. The Morgan fingerprint density at radius 2 is 2.24 bits per heavy atom. The third kappa shape index (κ3) is 1.91. The zero-order valence-electron chi connectivity index (χ0n) is 9.38. The van der Waals surface area contributed by atoms with Crippen molar-refractivity contribution in [3.63, 3.8) is 0 Å². The molecule has 2 rings (SSSR count). The van der Waals surface area contributed by atoms with Gasteiger partial charge in [0.2, 0.25) is 0 Å². The van der Waals surface area contributed by atoms with Crippen LogP contribution in [0.5, 0.6) is 0 Å². The summed E-state index contributed by atoms with van der Waals surface area (Å²) >= 11 is 0. The topological polar surface area (TPSA) is 79.4 Å². The first kappa shape index (κ1) is 12.0. The van der Waals surface area contributed by atoms with E-state index in [1.54, 1.807) is 13.1 Å². The number of hydrogen-bond acceptors (Lipinski definition) is 5. The first-order valence-electron chi connectivity index (χ1n) is 5.25. The fourth-order valence-electron chi connectivity index (χ4n) is 1.73. The number of carbonyl (C=O) groups excluding carboxylic acids is 1. The Hall–Kier alpha value is -1.47. The highest BCUT2D eigenvalue weighted by molar-refractivity contribution is 7.90. The summed E-state index contributed by atoms with van der Waals surface area (Å²) in [6.07, 6.45) is 1.95. The van der Waals surface area contributed by atoms with Gasteiger partial charge in [-0.2, -0.15) is 8.42 Å². The van der Waals surface area contributed by atoms with E-state index >= 15 is 0 Å². The van der Waals surface area contributed by atoms with Gasteiger partial charge in [-0.15, -0.1) is 0 Å². The monoisotopic (exact) mass is 255 g/mol. The lowest BCUT2D eigenvalue weighted by Gasteiger charge is -2.13. The minimum Gasteiger partial charge on any atom is -0.320 e. The lowest BCUT2D eigenvalue weighted by Crippen LogP contribution is -2.32. The summed E-state index contributed by atoms with van der Waals surface area (Å²) in [5.74, 6) is -0.482. The molecule has 0 bridgehead atoms. The molecule has 0 unspecified atom stereocenters. The molecule has 0 atom stereocenters. The van der Waals surface area contributed by atoms with Gasteiger partial charge in [0.25, 0.3) is 15.9 Å². The minimum atomic E-state index is -3.73. The van der Waals surface area contributed by atoms with E-state index in [9.17, 15) is 13.2 Å². The largest absolute Gasteiger partial charge is 0.320 e. The van der Waals surface area contributed by atoms with E-state index in [1.807, 2.05) is 0 Å². The lowest BCUT2D eigenvalue weighted by atomic mass is 10.2. The van der Waals surface area contributed by atoms with Crippen LogP contribution in [0.2, 0.25) is 0 Å². The van der Waals surface area contributed by atoms with Crippen LogP contribution in [0, 0.1) is 0 Å². The van der Waals surface area contributed by atoms with Crippen LogP contribution in [0.15, 0.2) is 23.4 Å². The second-order valence-electron chi connectivity index (χ2n) is 3.70. The Labute approximate surface area is 99.7 Å². The molecule has 1 aliphatic heterocycles. The van der Waals surface area contributed by atoms with E-state index in [0.29, 0.717) is 13.0 Å². The molecule has 92 valence electrons. The van der Waals surface area contributed by atoms with Gasteiger partial charge in [0.1, 0.15) is 0 Å². The summed E-state index contributed by atoms with van der Waals surface area (Å²) in [7, 11) is -1.96. The van der Waals surface area contributed by atoms with Gasteiger partial charge in [0, 0.05) is 12.7 Å². The average Bonchev–Trinajstić information content (AvgIpc) is 2.51. The van der Waals surface area contributed by atoms with Crippen molar-refractivity contribution in [1.82, 2.24) is 14.6 Å². The van der Waals surface area contributed by atoms with Gasteiger partial charge < -0.3 is 5.32 Å². The molecule has 0 aromatic carbocycles. The maximum Gasteiger partial charge on any atom is 0.285 e. The molecule has 17 heavy (non-hydrogen) atoms. The van der Waals surface area contributed by atoms with Crippen LogP contribution in [-0.4, -0.2) is 43.8 Å². The molecular formula is C10H13N3O3S. The number of pyridine rings is 1. The molecule has 1 aromatic rings. The zero-order valence-corrected chi connectivity index (χ0v) is 10.2. The summed E-state index contributed by atoms with van der Waals surface area (Å²) in [5, 5.41) is 2.78. The molecule has 1 aliphatic rings. The fourth-order valence-corrected chi connectivity index (χ4v) is 3.25. The summed E-state index contributed by atoms with van der Waals surface area (Å²) in [4.78, 5) is 15.7. The van der Waals surface area contributed by atoms with Crippen LogP contribution in [0.4, 0.5) is 0 Å². The molecule has 1 N–H and O–H groups in total. The van der Waals surface area contributed by atoms with Crippen LogP contribution in [0.3, 0.4) is 0 Å². The summed E-state index contributed by atoms with van der Waals surface area (Å²) < 4.78 is 24.9. The number of nitrogens with one attached hydrogen (secondary N) is 1. The van der Waals surface area contributed by atoms with Crippen LogP contribution in [-0.2, 0) is 10.0 Å². The second-order valence-corrected chi connectivity index (χ2v) is 5.47. The lowest BCUT2D eigenvalue weighted by molar-refractivity contribution is 0.0870. The predicted molar refractivity (Wildman–Crippen MR) is 61.0 cm³/mol. The molecule has 0 saturated carbocycles. The Balaban J connectivity index is 2.31. The molecule has 0 radical (unpaired) electrons. The maximum absolute atomic E-state index is 12.0. The number of rotatable bonds is 4. The van der Waals surface area contributed by atoms with E-state index in [-0.39, 0.29) is 17.1 Å². The third-order valence-corrected chi connectivity index (χ3v) is 4.29. The molecule has 2 heterocycles. The van der Waals surface area contributed by atoms with Gasteiger partial charge in [-0.25, -0.2) is 9.29 Å². The number of carbonyl (C=O) groups is 1. The summed E-state index contributed by atoms with van der Waals surface area (Å²) in [6.45, 7) is 0.835. The number of sulfonamides is 1. The number of hydrogen-bond donors (Lipinski definition) is 1. The predicted octanol–water partition coefficient (Wildman–Crippen LogP) is -0.164. The van der Waals surface area contributed by atoms with Crippen molar-refractivity contribution in [2.24, 2.45) is 0 Å². The van der Waals surface area contributed by atoms with E-state index in [2.05, 4.69) is 10.3 Å². The molecule has 1 aromatic heterocycles. The average molecular weight is 255 g/mol. The van der Waals surface area contributed by atoms with Crippen LogP contribution < -0.4 is 5.32 Å². The fraction of sp³-hybridized carbons (Fsp3) is 0.400. The molecule has 0 spiro atoms. The van der Waals surface area contributed by atoms with Gasteiger partial charge in [-0.3, -0.25) is 4.79 Å². The SMILES string of the molecule is CNCCCN1C(=O)c2cccnc2S1(=O)=O. The van der Waals surface area contributed by atoms with E-state index in [1.165, 1.54) is 12.3 Å². The Morgan fingerprint density at radius 1 is 1.47 bits per heavy atom. The van der Waals surface area contributed by atoms with Gasteiger partial charge in [-0.05, 0) is 32.1 Å². The zero-order chi connectivity index (χ0) is 12.5.